The van der Waals surface area contributed by atoms with Gasteiger partial charge in [-0.1, -0.05) is 30.8 Å². The van der Waals surface area contributed by atoms with Crippen LogP contribution in [-0.2, 0) is 4.79 Å². The fraction of sp³-hybridized carbons (Fsp3) is 0.227. The highest BCUT2D eigenvalue weighted by Crippen LogP contribution is 2.23. The van der Waals surface area contributed by atoms with Crippen LogP contribution in [0.5, 0.6) is 0 Å². The highest BCUT2D eigenvalue weighted by molar-refractivity contribution is 7.99. The Labute approximate surface area is 188 Å². The molecule has 32 heavy (non-hydrogen) atoms. The maximum Gasteiger partial charge on any atom is 0.262 e. The van der Waals surface area contributed by atoms with Gasteiger partial charge in [0.25, 0.3) is 5.56 Å². The minimum atomic E-state index is -0.754. The normalized spacial score (nSPS) is 11.8. The highest BCUT2D eigenvalue weighted by Gasteiger charge is 2.17. The number of amides is 3. The molecule has 9 nitrogen and oxygen atoms in total. The first kappa shape index (κ1) is 23.0. The third-order valence-electron chi connectivity index (χ3n) is 4.93. The number of carbonyl (C=O) groups excluding carboxylic acids is 3. The number of benzene rings is 2. The van der Waals surface area contributed by atoms with E-state index < -0.39 is 17.7 Å². The van der Waals surface area contributed by atoms with Gasteiger partial charge in [0.1, 0.15) is 0 Å². The molecule has 1 unspecified atom stereocenters. The van der Waals surface area contributed by atoms with Gasteiger partial charge in [0.05, 0.1) is 16.7 Å². The van der Waals surface area contributed by atoms with Crippen LogP contribution in [0.4, 0.5) is 5.69 Å². The molecule has 0 bridgehead atoms. The number of fused-ring (bicyclic) bond motifs is 1. The monoisotopic (exact) mass is 453 g/mol. The molecular weight excluding hydrogens is 430 g/mol. The van der Waals surface area contributed by atoms with Crippen molar-refractivity contribution in [2.75, 3.05) is 11.1 Å². The van der Waals surface area contributed by atoms with Crippen molar-refractivity contribution in [3.8, 4) is 0 Å². The van der Waals surface area contributed by atoms with E-state index in [9.17, 15) is 19.2 Å². The van der Waals surface area contributed by atoms with E-state index in [1.54, 1.807) is 28.8 Å². The number of thioether (sulfide) groups is 1. The number of rotatable bonds is 8. The fourth-order valence-electron chi connectivity index (χ4n) is 3.11. The second-order valence-electron chi connectivity index (χ2n) is 7.21. The predicted molar refractivity (Wildman–Crippen MR) is 124 cm³/mol. The number of nitrogens with zero attached hydrogens (tertiary/aromatic N) is 2. The van der Waals surface area contributed by atoms with Gasteiger partial charge in [-0.3, -0.25) is 23.7 Å². The first-order chi connectivity index (χ1) is 15.2. The maximum atomic E-state index is 13.0. The van der Waals surface area contributed by atoms with Gasteiger partial charge < -0.3 is 16.8 Å². The predicted octanol–water partition coefficient (Wildman–Crippen LogP) is 2.30. The summed E-state index contributed by atoms with van der Waals surface area (Å²) in [5, 5.41) is 3.58. The number of nitrogens with one attached hydrogen (secondary N) is 1. The van der Waals surface area contributed by atoms with Crippen LogP contribution in [0, 0.1) is 0 Å². The molecule has 2 aromatic carbocycles. The molecule has 0 aliphatic heterocycles. The summed E-state index contributed by atoms with van der Waals surface area (Å²) in [5.74, 6) is -1.97. The second kappa shape index (κ2) is 9.65. The number of carbonyl (C=O) groups is 3. The Morgan fingerprint density at radius 3 is 2.31 bits per heavy atom. The smallest absolute Gasteiger partial charge is 0.262 e. The van der Waals surface area contributed by atoms with Gasteiger partial charge in [-0.05, 0) is 43.7 Å². The molecule has 5 N–H and O–H groups in total. The van der Waals surface area contributed by atoms with Crippen molar-refractivity contribution in [3.63, 3.8) is 0 Å². The lowest BCUT2D eigenvalue weighted by atomic mass is 10.1. The van der Waals surface area contributed by atoms with E-state index in [0.717, 1.165) is 18.2 Å². The van der Waals surface area contributed by atoms with Crippen molar-refractivity contribution >= 4 is 46.1 Å². The van der Waals surface area contributed by atoms with E-state index in [0.29, 0.717) is 16.1 Å². The molecule has 166 valence electrons. The lowest BCUT2D eigenvalue weighted by Crippen LogP contribution is -2.26. The van der Waals surface area contributed by atoms with Crippen molar-refractivity contribution in [1.82, 2.24) is 9.55 Å². The summed E-state index contributed by atoms with van der Waals surface area (Å²) in [5.41, 5.74) is 11.3. The van der Waals surface area contributed by atoms with Gasteiger partial charge in [0.2, 0.25) is 17.7 Å². The summed E-state index contributed by atoms with van der Waals surface area (Å²) in [6.07, 6.45) is 0.718. The standard InChI is InChI=1S/C22H23N5O4S/c1-3-12(2)27-21(31)16-6-4-5-7-17(16)26-22(27)32-11-18(28)25-15-9-13(19(23)29)8-14(10-15)20(24)30/h4-10,12H,3,11H2,1-2H3,(H2,23,29)(H2,24,30)(H,25,28). The van der Waals surface area contributed by atoms with Crippen LogP contribution in [0.25, 0.3) is 10.9 Å². The van der Waals surface area contributed by atoms with Gasteiger partial charge in [-0.15, -0.1) is 0 Å². The fourth-order valence-corrected chi connectivity index (χ4v) is 4.01. The molecule has 3 amide bonds. The average molecular weight is 454 g/mol. The number of nitrogens with two attached hydrogens (primary N) is 2. The van der Waals surface area contributed by atoms with Crippen molar-refractivity contribution < 1.29 is 14.4 Å². The molecule has 1 atom stereocenters. The zero-order valence-corrected chi connectivity index (χ0v) is 18.4. The summed E-state index contributed by atoms with van der Waals surface area (Å²) in [7, 11) is 0. The summed E-state index contributed by atoms with van der Waals surface area (Å²) in [4.78, 5) is 53.2. The van der Waals surface area contributed by atoms with Gasteiger partial charge in [-0.25, -0.2) is 4.98 Å². The molecule has 1 aromatic heterocycles. The third kappa shape index (κ3) is 4.97. The number of para-hydroxylation sites is 1. The zero-order chi connectivity index (χ0) is 23.4. The number of primary amides is 2. The molecule has 0 fully saturated rings. The van der Waals surface area contributed by atoms with Crippen LogP contribution in [0.2, 0.25) is 0 Å². The summed E-state index contributed by atoms with van der Waals surface area (Å²) < 4.78 is 1.60. The lowest BCUT2D eigenvalue weighted by Gasteiger charge is -2.18. The van der Waals surface area contributed by atoms with Crippen molar-refractivity contribution in [1.29, 1.82) is 0 Å². The Hall–Kier alpha value is -3.66. The van der Waals surface area contributed by atoms with Crippen LogP contribution in [0.1, 0.15) is 47.0 Å². The Morgan fingerprint density at radius 1 is 1.09 bits per heavy atom. The van der Waals surface area contributed by atoms with Crippen LogP contribution in [0.15, 0.2) is 52.4 Å². The molecule has 10 heteroatoms. The van der Waals surface area contributed by atoms with Crippen LogP contribution in [0.3, 0.4) is 0 Å². The molecule has 3 rings (SSSR count). The topological polar surface area (TPSA) is 150 Å². The first-order valence-corrected chi connectivity index (χ1v) is 10.9. The minimum absolute atomic E-state index is 0.0473. The molecule has 3 aromatic rings. The summed E-state index contributed by atoms with van der Waals surface area (Å²) in [6.45, 7) is 3.89. The van der Waals surface area contributed by atoms with Crippen molar-refractivity contribution in [2.45, 2.75) is 31.5 Å². The van der Waals surface area contributed by atoms with Crippen LogP contribution in [-0.4, -0.2) is 33.0 Å². The van der Waals surface area contributed by atoms with Crippen molar-refractivity contribution in [3.05, 3.63) is 63.9 Å². The van der Waals surface area contributed by atoms with Crippen LogP contribution < -0.4 is 22.3 Å². The molecular formula is C22H23N5O4S. The van der Waals surface area contributed by atoms with E-state index in [4.69, 9.17) is 11.5 Å². The summed E-state index contributed by atoms with van der Waals surface area (Å²) in [6, 6.07) is 10.9. The molecule has 0 aliphatic rings. The Bertz CT molecular complexity index is 1240. The first-order valence-electron chi connectivity index (χ1n) is 9.89. The van der Waals surface area contributed by atoms with E-state index in [2.05, 4.69) is 10.3 Å². The van der Waals surface area contributed by atoms with E-state index in [1.807, 2.05) is 13.8 Å². The van der Waals surface area contributed by atoms with Gasteiger partial charge >= 0.3 is 0 Å². The molecule has 1 heterocycles. The van der Waals surface area contributed by atoms with Crippen LogP contribution >= 0.6 is 11.8 Å². The van der Waals surface area contributed by atoms with Gasteiger partial charge in [0, 0.05) is 22.9 Å². The number of hydrogen-bond acceptors (Lipinski definition) is 6. The highest BCUT2D eigenvalue weighted by atomic mass is 32.2. The summed E-state index contributed by atoms with van der Waals surface area (Å²) >= 11 is 1.12. The Morgan fingerprint density at radius 2 is 1.72 bits per heavy atom. The van der Waals surface area contributed by atoms with E-state index in [-0.39, 0.29) is 34.2 Å². The van der Waals surface area contributed by atoms with Gasteiger partial charge in [0.15, 0.2) is 5.16 Å². The molecule has 0 saturated heterocycles. The number of anilines is 1. The zero-order valence-electron chi connectivity index (χ0n) is 17.6. The Balaban J connectivity index is 1.86. The Kier molecular flexibility index (Phi) is 6.94. The lowest BCUT2D eigenvalue weighted by molar-refractivity contribution is -0.113. The van der Waals surface area contributed by atoms with E-state index >= 15 is 0 Å². The van der Waals surface area contributed by atoms with E-state index in [1.165, 1.54) is 18.2 Å². The van der Waals surface area contributed by atoms with Gasteiger partial charge in [-0.2, -0.15) is 0 Å². The van der Waals surface area contributed by atoms with Crippen molar-refractivity contribution in [2.24, 2.45) is 11.5 Å². The quantitative estimate of drug-likeness (QED) is 0.352. The number of hydrogen-bond donors (Lipinski definition) is 3. The molecule has 0 aliphatic carbocycles. The SMILES string of the molecule is CCC(C)n1c(SCC(=O)Nc2cc(C(N)=O)cc(C(N)=O)c2)nc2ccccc2c1=O. The molecule has 0 spiro atoms. The molecule has 0 saturated carbocycles. The average Bonchev–Trinajstić information content (AvgIpc) is 2.77. The third-order valence-corrected chi connectivity index (χ3v) is 5.88. The minimum Gasteiger partial charge on any atom is -0.366 e. The maximum absolute atomic E-state index is 13.0. The number of aromatic nitrogens is 2. The second-order valence-corrected chi connectivity index (χ2v) is 8.15. The largest absolute Gasteiger partial charge is 0.366 e. The molecule has 0 radical (unpaired) electrons.